The van der Waals surface area contributed by atoms with Gasteiger partial charge >= 0.3 is 0 Å². The topological polar surface area (TPSA) is 0 Å². The molecule has 74 valence electrons. The Bertz CT molecular complexity index is 99.2. The normalized spacial score (nSPS) is 12.0. The first-order chi connectivity index (χ1) is 5.56. The summed E-state index contributed by atoms with van der Waals surface area (Å²) in [5.41, 5.74) is 0. The van der Waals surface area contributed by atoms with E-state index in [1.54, 1.807) is 0 Å². The number of unbranched alkanes of at least 4 members (excludes halogenated alkanes) is 5. The first-order valence-corrected chi connectivity index (χ1v) is 9.67. The van der Waals surface area contributed by atoms with Gasteiger partial charge < -0.3 is 0 Å². The molecule has 0 heterocycles. The summed E-state index contributed by atoms with van der Waals surface area (Å²) in [4.78, 5) is 0. The van der Waals surface area contributed by atoms with E-state index in [9.17, 15) is 0 Å². The van der Waals surface area contributed by atoms with Crippen molar-refractivity contribution in [2.75, 3.05) is 0 Å². The molecule has 0 aliphatic heterocycles. The highest BCUT2D eigenvalue weighted by atomic mass is 35.7. The van der Waals surface area contributed by atoms with Gasteiger partial charge in [0.15, 0.2) is 0 Å². The lowest BCUT2D eigenvalue weighted by Crippen LogP contribution is -2.11. The minimum atomic E-state index is -1.78. The van der Waals surface area contributed by atoms with Crippen LogP contribution in [-0.4, -0.2) is 6.69 Å². The van der Waals surface area contributed by atoms with Crippen molar-refractivity contribution in [1.82, 2.24) is 0 Å². The number of hydrogen-bond acceptors (Lipinski definition) is 0. The van der Waals surface area contributed by atoms with E-state index in [1.165, 1.54) is 38.5 Å². The third-order valence-corrected chi connectivity index (χ3v) is 4.33. The molecule has 0 bridgehead atoms. The molecule has 0 spiro atoms. The minimum absolute atomic E-state index is 1.06. The Morgan fingerprint density at radius 2 is 1.42 bits per heavy atom. The second-order valence-electron chi connectivity index (χ2n) is 3.59. The van der Waals surface area contributed by atoms with Crippen LogP contribution in [0.3, 0.4) is 0 Å². The Morgan fingerprint density at radius 1 is 0.917 bits per heavy atom. The van der Waals surface area contributed by atoms with Gasteiger partial charge in [0.25, 0.3) is 0 Å². The van der Waals surface area contributed by atoms with Crippen molar-refractivity contribution < 1.29 is 0 Å². The molecular formula is C9H20Cl2Si. The second-order valence-corrected chi connectivity index (χ2v) is 11.8. The largest absolute Gasteiger partial charge is 0.248 e. The summed E-state index contributed by atoms with van der Waals surface area (Å²) in [6, 6.07) is 1.06. The molecule has 0 aromatic heterocycles. The first-order valence-electron chi connectivity index (χ1n) is 4.94. The molecule has 0 N–H and O–H groups in total. The molecule has 0 aliphatic carbocycles. The third-order valence-electron chi connectivity index (χ3n) is 1.97. The van der Waals surface area contributed by atoms with Crippen molar-refractivity contribution in [1.29, 1.82) is 0 Å². The SMILES string of the molecule is CCCCCCCC[Si](C)(Cl)Cl. The van der Waals surface area contributed by atoms with Crippen LogP contribution in [-0.2, 0) is 0 Å². The molecule has 0 aromatic rings. The van der Waals surface area contributed by atoms with Gasteiger partial charge in [0.05, 0.1) is 0 Å². The van der Waals surface area contributed by atoms with Crippen LogP contribution in [0.2, 0.25) is 12.6 Å². The van der Waals surface area contributed by atoms with Crippen molar-refractivity contribution in [2.24, 2.45) is 0 Å². The number of hydrogen-bond donors (Lipinski definition) is 0. The Kier molecular flexibility index (Phi) is 7.70. The Hall–Kier alpha value is 0.797. The quantitative estimate of drug-likeness (QED) is 0.330. The summed E-state index contributed by atoms with van der Waals surface area (Å²) in [6.45, 7) is 2.46. The van der Waals surface area contributed by atoms with Crippen molar-refractivity contribution in [3.8, 4) is 0 Å². The highest BCUT2D eigenvalue weighted by molar-refractivity contribution is 7.44. The van der Waals surface area contributed by atoms with Gasteiger partial charge in [-0.3, -0.25) is 0 Å². The standard InChI is InChI=1S/C9H20Cl2Si/c1-3-4-5-6-7-8-9-12(2,10)11/h3-9H2,1-2H3. The van der Waals surface area contributed by atoms with E-state index in [1.807, 2.05) is 6.55 Å². The summed E-state index contributed by atoms with van der Waals surface area (Å²) >= 11 is 12.0. The van der Waals surface area contributed by atoms with E-state index in [4.69, 9.17) is 22.2 Å². The average Bonchev–Trinajstić information content (AvgIpc) is 1.94. The van der Waals surface area contributed by atoms with Crippen LogP contribution in [0.25, 0.3) is 0 Å². The average molecular weight is 227 g/mol. The van der Waals surface area contributed by atoms with Gasteiger partial charge in [-0.15, -0.1) is 22.2 Å². The molecule has 0 atom stereocenters. The summed E-state index contributed by atoms with van der Waals surface area (Å²) in [5, 5.41) is 0. The highest BCUT2D eigenvalue weighted by Gasteiger charge is 2.19. The molecule has 0 amide bonds. The summed E-state index contributed by atoms with van der Waals surface area (Å²) < 4.78 is 0. The lowest BCUT2D eigenvalue weighted by Gasteiger charge is -2.08. The first kappa shape index (κ1) is 12.8. The molecule has 3 heteroatoms. The summed E-state index contributed by atoms with van der Waals surface area (Å²) in [5.74, 6) is 0. The van der Waals surface area contributed by atoms with Gasteiger partial charge in [0, 0.05) is 0 Å². The molecular weight excluding hydrogens is 207 g/mol. The fraction of sp³-hybridized carbons (Fsp3) is 1.00. The van der Waals surface area contributed by atoms with Crippen LogP contribution in [0.4, 0.5) is 0 Å². The minimum Gasteiger partial charge on any atom is -0.146 e. The van der Waals surface area contributed by atoms with E-state index in [-0.39, 0.29) is 0 Å². The van der Waals surface area contributed by atoms with E-state index in [0.29, 0.717) is 0 Å². The predicted octanol–water partition coefficient (Wildman–Crippen LogP) is 4.90. The van der Waals surface area contributed by atoms with Crippen LogP contribution in [0, 0.1) is 0 Å². The van der Waals surface area contributed by atoms with Crippen molar-refractivity contribution in [2.45, 2.75) is 58.0 Å². The zero-order chi connectivity index (χ0) is 9.45. The van der Waals surface area contributed by atoms with E-state index in [0.717, 1.165) is 6.04 Å². The molecule has 0 unspecified atom stereocenters. The zero-order valence-corrected chi connectivity index (χ0v) is 10.7. The molecule has 0 saturated heterocycles. The fourth-order valence-corrected chi connectivity index (χ4v) is 2.89. The molecule has 0 aliphatic rings. The second kappa shape index (κ2) is 7.22. The fourth-order valence-electron chi connectivity index (χ4n) is 1.22. The van der Waals surface area contributed by atoms with Gasteiger partial charge in [-0.05, 0) is 12.6 Å². The van der Waals surface area contributed by atoms with Gasteiger partial charge in [-0.1, -0.05) is 45.4 Å². The zero-order valence-electron chi connectivity index (χ0n) is 8.21. The Balaban J connectivity index is 3.01. The van der Waals surface area contributed by atoms with Crippen LogP contribution >= 0.6 is 22.2 Å². The van der Waals surface area contributed by atoms with Gasteiger partial charge in [-0.25, -0.2) is 0 Å². The van der Waals surface area contributed by atoms with Gasteiger partial charge in [0.1, 0.15) is 0 Å². The maximum atomic E-state index is 5.98. The Labute approximate surface area is 87.1 Å². The third kappa shape index (κ3) is 10.8. The van der Waals surface area contributed by atoms with Crippen molar-refractivity contribution in [3.63, 3.8) is 0 Å². The van der Waals surface area contributed by atoms with Crippen LogP contribution in [0.15, 0.2) is 0 Å². The van der Waals surface area contributed by atoms with Crippen molar-refractivity contribution in [3.05, 3.63) is 0 Å². The molecule has 0 aromatic carbocycles. The van der Waals surface area contributed by atoms with E-state index < -0.39 is 6.69 Å². The highest BCUT2D eigenvalue weighted by Crippen LogP contribution is 2.23. The van der Waals surface area contributed by atoms with E-state index >= 15 is 0 Å². The van der Waals surface area contributed by atoms with Crippen LogP contribution < -0.4 is 0 Å². The van der Waals surface area contributed by atoms with E-state index in [2.05, 4.69) is 6.92 Å². The lowest BCUT2D eigenvalue weighted by atomic mass is 10.1. The Morgan fingerprint density at radius 3 is 1.92 bits per heavy atom. The molecule has 0 fully saturated rings. The van der Waals surface area contributed by atoms with Crippen molar-refractivity contribution >= 4 is 28.9 Å². The van der Waals surface area contributed by atoms with Crippen LogP contribution in [0.1, 0.15) is 45.4 Å². The predicted molar refractivity (Wildman–Crippen MR) is 61.5 cm³/mol. The molecule has 0 radical (unpaired) electrons. The smallest absolute Gasteiger partial charge is 0.146 e. The molecule has 12 heavy (non-hydrogen) atoms. The summed E-state index contributed by atoms with van der Waals surface area (Å²) in [7, 11) is 0. The molecule has 0 rings (SSSR count). The summed E-state index contributed by atoms with van der Waals surface area (Å²) in [6.07, 6.45) is 7.95. The number of rotatable bonds is 7. The molecule has 0 saturated carbocycles. The maximum Gasteiger partial charge on any atom is 0.248 e. The maximum absolute atomic E-state index is 5.98. The van der Waals surface area contributed by atoms with Gasteiger partial charge in [0.2, 0.25) is 6.69 Å². The van der Waals surface area contributed by atoms with Gasteiger partial charge in [-0.2, -0.15) is 0 Å². The number of halogens is 2. The molecule has 0 nitrogen and oxygen atoms in total. The lowest BCUT2D eigenvalue weighted by molar-refractivity contribution is 0.623. The monoisotopic (exact) mass is 226 g/mol. The van der Waals surface area contributed by atoms with Crippen LogP contribution in [0.5, 0.6) is 0 Å².